The van der Waals surface area contributed by atoms with E-state index < -0.39 is 5.41 Å². The third-order valence-corrected chi connectivity index (χ3v) is 3.87. The van der Waals surface area contributed by atoms with Crippen LogP contribution in [-0.2, 0) is 11.3 Å². The average Bonchev–Trinajstić information content (AvgIpc) is 2.32. The van der Waals surface area contributed by atoms with Gasteiger partial charge in [-0.2, -0.15) is 0 Å². The Morgan fingerprint density at radius 3 is 2.89 bits per heavy atom. The first kappa shape index (κ1) is 13.0. The molecule has 0 spiro atoms. The lowest BCUT2D eigenvalue weighted by atomic mass is 9.62. The van der Waals surface area contributed by atoms with Gasteiger partial charge in [0.05, 0.1) is 10.4 Å². The number of carbonyl (C=O) groups excluding carboxylic acids is 1. The molecule has 96 valence electrons. The van der Waals surface area contributed by atoms with Gasteiger partial charge in [0.2, 0.25) is 5.91 Å². The highest BCUT2D eigenvalue weighted by atomic mass is 32.1. The Morgan fingerprint density at radius 1 is 1.67 bits per heavy atom. The predicted octanol–water partition coefficient (Wildman–Crippen LogP) is 1.40. The molecule has 1 amide bonds. The fourth-order valence-corrected chi connectivity index (χ4v) is 2.74. The smallest absolute Gasteiger partial charge is 0.233 e. The van der Waals surface area contributed by atoms with Crippen molar-refractivity contribution in [2.75, 3.05) is 0 Å². The van der Waals surface area contributed by atoms with Gasteiger partial charge in [0.15, 0.2) is 0 Å². The number of nitrogens with zero attached hydrogens (tertiary/aromatic N) is 1. The van der Waals surface area contributed by atoms with E-state index in [0.29, 0.717) is 17.5 Å². The standard InChI is InChI=1S/C13H17N3OS/c1-9-5-13(6-9,11(14)18)12(17)16-8-10-3-2-4-15-7-10/h2-4,7,9H,5-6,8H2,1H3,(H2,14,18)(H,16,17). The lowest BCUT2D eigenvalue weighted by Crippen LogP contribution is -2.55. The first-order valence-corrected chi connectivity index (χ1v) is 6.42. The molecule has 5 heteroatoms. The number of hydrogen-bond acceptors (Lipinski definition) is 3. The van der Waals surface area contributed by atoms with Crippen LogP contribution < -0.4 is 11.1 Å². The SMILES string of the molecule is CC1CC(C(=O)NCc2cccnc2)(C(N)=S)C1. The van der Waals surface area contributed by atoms with Crippen molar-refractivity contribution in [3.63, 3.8) is 0 Å². The van der Waals surface area contributed by atoms with E-state index in [1.165, 1.54) is 0 Å². The van der Waals surface area contributed by atoms with Crippen molar-refractivity contribution in [2.24, 2.45) is 17.1 Å². The lowest BCUT2D eigenvalue weighted by molar-refractivity contribution is -0.133. The number of carbonyl (C=O) groups is 1. The van der Waals surface area contributed by atoms with Crippen LogP contribution in [0.15, 0.2) is 24.5 Å². The number of aromatic nitrogens is 1. The van der Waals surface area contributed by atoms with Crippen molar-refractivity contribution in [3.8, 4) is 0 Å². The summed E-state index contributed by atoms with van der Waals surface area (Å²) < 4.78 is 0. The van der Waals surface area contributed by atoms with E-state index in [2.05, 4.69) is 17.2 Å². The van der Waals surface area contributed by atoms with Gasteiger partial charge >= 0.3 is 0 Å². The van der Waals surface area contributed by atoms with Gasteiger partial charge in [-0.05, 0) is 30.4 Å². The second kappa shape index (κ2) is 5.02. The summed E-state index contributed by atoms with van der Waals surface area (Å²) in [5.41, 5.74) is 6.06. The molecule has 1 fully saturated rings. The van der Waals surface area contributed by atoms with Crippen LogP contribution in [0.1, 0.15) is 25.3 Å². The number of thiocarbonyl (C=S) groups is 1. The largest absolute Gasteiger partial charge is 0.392 e. The summed E-state index contributed by atoms with van der Waals surface area (Å²) in [4.78, 5) is 16.5. The molecule has 0 radical (unpaired) electrons. The molecule has 0 bridgehead atoms. The summed E-state index contributed by atoms with van der Waals surface area (Å²) in [6.45, 7) is 2.57. The highest BCUT2D eigenvalue weighted by Crippen LogP contribution is 2.45. The molecule has 0 aromatic carbocycles. The van der Waals surface area contributed by atoms with Gasteiger partial charge in [0, 0.05) is 18.9 Å². The molecule has 1 aliphatic rings. The Morgan fingerprint density at radius 2 is 2.39 bits per heavy atom. The van der Waals surface area contributed by atoms with Gasteiger partial charge in [0.1, 0.15) is 0 Å². The molecule has 1 aromatic heterocycles. The van der Waals surface area contributed by atoms with Crippen LogP contribution in [0, 0.1) is 11.3 Å². The molecular formula is C13H17N3OS. The number of amides is 1. The molecule has 4 nitrogen and oxygen atoms in total. The van der Waals surface area contributed by atoms with Gasteiger partial charge in [-0.1, -0.05) is 25.2 Å². The normalized spacial score (nSPS) is 26.2. The third-order valence-electron chi connectivity index (χ3n) is 3.48. The number of nitrogens with two attached hydrogens (primary N) is 1. The maximum absolute atomic E-state index is 12.2. The van der Waals surface area contributed by atoms with Crippen LogP contribution >= 0.6 is 12.2 Å². The topological polar surface area (TPSA) is 68.0 Å². The minimum Gasteiger partial charge on any atom is -0.392 e. The van der Waals surface area contributed by atoms with Crippen molar-refractivity contribution >= 4 is 23.1 Å². The van der Waals surface area contributed by atoms with Crippen LogP contribution in [0.5, 0.6) is 0 Å². The van der Waals surface area contributed by atoms with Crippen molar-refractivity contribution in [1.29, 1.82) is 0 Å². The highest BCUT2D eigenvalue weighted by molar-refractivity contribution is 7.80. The lowest BCUT2D eigenvalue weighted by Gasteiger charge is -2.44. The van der Waals surface area contributed by atoms with E-state index >= 15 is 0 Å². The molecule has 3 N–H and O–H groups in total. The minimum absolute atomic E-state index is 0.0584. The second-order valence-corrected chi connectivity index (χ2v) is 5.44. The summed E-state index contributed by atoms with van der Waals surface area (Å²) in [6.07, 6.45) is 4.94. The summed E-state index contributed by atoms with van der Waals surface area (Å²) in [7, 11) is 0. The molecule has 1 heterocycles. The van der Waals surface area contributed by atoms with E-state index in [1.807, 2.05) is 12.1 Å². The maximum Gasteiger partial charge on any atom is 0.233 e. The van der Waals surface area contributed by atoms with Crippen LogP contribution in [0.2, 0.25) is 0 Å². The zero-order valence-corrected chi connectivity index (χ0v) is 11.2. The first-order valence-electron chi connectivity index (χ1n) is 6.02. The van der Waals surface area contributed by atoms with Crippen molar-refractivity contribution in [1.82, 2.24) is 10.3 Å². The maximum atomic E-state index is 12.2. The van der Waals surface area contributed by atoms with E-state index in [1.54, 1.807) is 12.4 Å². The van der Waals surface area contributed by atoms with Gasteiger partial charge in [-0.15, -0.1) is 0 Å². The first-order chi connectivity index (χ1) is 8.54. The Labute approximate surface area is 112 Å². The zero-order valence-electron chi connectivity index (χ0n) is 10.3. The van der Waals surface area contributed by atoms with Crippen LogP contribution in [-0.4, -0.2) is 15.9 Å². The molecular weight excluding hydrogens is 246 g/mol. The Kier molecular flexibility index (Phi) is 3.61. The minimum atomic E-state index is -0.628. The third kappa shape index (κ3) is 2.36. The second-order valence-electron chi connectivity index (χ2n) is 5.00. The molecule has 0 unspecified atom stereocenters. The summed E-state index contributed by atoms with van der Waals surface area (Å²) >= 11 is 5.05. The number of pyridine rings is 1. The highest BCUT2D eigenvalue weighted by Gasteiger charge is 2.50. The van der Waals surface area contributed by atoms with Gasteiger partial charge in [-0.25, -0.2) is 0 Å². The van der Waals surface area contributed by atoms with Crippen LogP contribution in [0.25, 0.3) is 0 Å². The number of rotatable bonds is 4. The van der Waals surface area contributed by atoms with Crippen molar-refractivity contribution in [2.45, 2.75) is 26.3 Å². The average molecular weight is 263 g/mol. The molecule has 0 aliphatic heterocycles. The van der Waals surface area contributed by atoms with Crippen LogP contribution in [0.3, 0.4) is 0 Å². The molecule has 0 atom stereocenters. The molecule has 2 rings (SSSR count). The zero-order chi connectivity index (χ0) is 13.2. The summed E-state index contributed by atoms with van der Waals surface area (Å²) in [5, 5.41) is 2.90. The predicted molar refractivity (Wildman–Crippen MR) is 73.7 cm³/mol. The van der Waals surface area contributed by atoms with E-state index in [-0.39, 0.29) is 5.91 Å². The Bertz CT molecular complexity index is 455. The molecule has 18 heavy (non-hydrogen) atoms. The fourth-order valence-electron chi connectivity index (χ4n) is 2.48. The van der Waals surface area contributed by atoms with E-state index in [9.17, 15) is 4.79 Å². The van der Waals surface area contributed by atoms with Crippen molar-refractivity contribution < 1.29 is 4.79 Å². The molecule has 1 aromatic rings. The van der Waals surface area contributed by atoms with Gasteiger partial charge < -0.3 is 11.1 Å². The number of nitrogens with one attached hydrogen (secondary N) is 1. The number of hydrogen-bond donors (Lipinski definition) is 2. The quantitative estimate of drug-likeness (QED) is 0.806. The van der Waals surface area contributed by atoms with E-state index in [4.69, 9.17) is 18.0 Å². The van der Waals surface area contributed by atoms with Crippen molar-refractivity contribution in [3.05, 3.63) is 30.1 Å². The van der Waals surface area contributed by atoms with Crippen LogP contribution in [0.4, 0.5) is 0 Å². The van der Waals surface area contributed by atoms with Gasteiger partial charge in [0.25, 0.3) is 0 Å². The fraction of sp³-hybridized carbons (Fsp3) is 0.462. The molecule has 1 saturated carbocycles. The van der Waals surface area contributed by atoms with E-state index in [0.717, 1.165) is 18.4 Å². The molecule has 1 aliphatic carbocycles. The Balaban J connectivity index is 1.97. The molecule has 0 saturated heterocycles. The Hall–Kier alpha value is -1.49. The van der Waals surface area contributed by atoms with Gasteiger partial charge in [-0.3, -0.25) is 9.78 Å². The summed E-state index contributed by atoms with van der Waals surface area (Å²) in [6, 6.07) is 3.76. The summed E-state index contributed by atoms with van der Waals surface area (Å²) in [5.74, 6) is 0.451. The monoisotopic (exact) mass is 263 g/mol.